The highest BCUT2D eigenvalue weighted by Gasteiger charge is 2.41. The molecule has 1 aliphatic rings. The number of carbonyl (C=O) groups is 5. The maximum atomic E-state index is 13.3. The predicted octanol–water partition coefficient (Wildman–Crippen LogP) is 1.81. The molecule has 1 fully saturated rings. The SMILES string of the molecule is CCCOCCOC(=O)C(C)(CC)CC(CC(CC1CC(C)C(=O)NC1=O)C(N)=O)C(=O)OCC[N+](C)(C)C. The largest absolute Gasteiger partial charge is 0.463 e. The third kappa shape index (κ3) is 12.0. The Balaban J connectivity index is 3.08. The normalized spacial score (nSPS) is 20.9. The van der Waals surface area contributed by atoms with Crippen molar-refractivity contribution in [2.24, 2.45) is 34.8 Å². The fourth-order valence-corrected chi connectivity index (χ4v) is 4.54. The number of likely N-dealkylation sites (N-methyl/N-ethyl adjacent to an activating group) is 1. The summed E-state index contributed by atoms with van der Waals surface area (Å²) in [7, 11) is 5.93. The number of rotatable bonds is 18. The third-order valence-electron chi connectivity index (χ3n) is 7.36. The molecule has 3 amide bonds. The van der Waals surface area contributed by atoms with Crippen molar-refractivity contribution in [2.75, 3.05) is 54.1 Å². The number of piperidine rings is 1. The Morgan fingerprint density at radius 1 is 1.03 bits per heavy atom. The monoisotopic (exact) mass is 556 g/mol. The van der Waals surface area contributed by atoms with Crippen LogP contribution in [0.3, 0.4) is 0 Å². The Hall–Kier alpha value is -2.53. The van der Waals surface area contributed by atoms with Gasteiger partial charge in [-0.2, -0.15) is 0 Å². The van der Waals surface area contributed by atoms with Gasteiger partial charge < -0.3 is 24.4 Å². The van der Waals surface area contributed by atoms with Crippen molar-refractivity contribution in [3.63, 3.8) is 0 Å². The molecule has 0 aromatic rings. The number of carbonyl (C=O) groups excluding carboxylic acids is 5. The molecule has 11 nitrogen and oxygen atoms in total. The number of nitrogens with zero attached hydrogens (tertiary/aromatic N) is 1. The molecule has 0 aromatic heterocycles. The Bertz CT molecular complexity index is 856. The van der Waals surface area contributed by atoms with E-state index in [0.717, 1.165) is 6.42 Å². The quantitative estimate of drug-likeness (QED) is 0.112. The van der Waals surface area contributed by atoms with E-state index in [-0.39, 0.29) is 50.9 Å². The van der Waals surface area contributed by atoms with Gasteiger partial charge in [0, 0.05) is 24.4 Å². The average Bonchev–Trinajstić information content (AvgIpc) is 2.84. The maximum absolute atomic E-state index is 13.3. The van der Waals surface area contributed by atoms with E-state index in [1.54, 1.807) is 13.8 Å². The number of quaternary nitrogens is 1. The van der Waals surface area contributed by atoms with Crippen LogP contribution in [0.1, 0.15) is 66.2 Å². The summed E-state index contributed by atoms with van der Waals surface area (Å²) in [6.45, 7) is 8.98. The molecule has 1 aliphatic heterocycles. The third-order valence-corrected chi connectivity index (χ3v) is 7.36. The number of hydrogen-bond acceptors (Lipinski definition) is 8. The van der Waals surface area contributed by atoms with Crippen LogP contribution in [0, 0.1) is 29.1 Å². The van der Waals surface area contributed by atoms with Crippen LogP contribution >= 0.6 is 0 Å². The van der Waals surface area contributed by atoms with Crippen LogP contribution in [0.25, 0.3) is 0 Å². The first-order chi connectivity index (χ1) is 18.1. The number of nitrogens with one attached hydrogen (secondary N) is 1. The maximum Gasteiger partial charge on any atom is 0.311 e. The molecule has 39 heavy (non-hydrogen) atoms. The molecular formula is C28H50N3O8+. The van der Waals surface area contributed by atoms with Crippen molar-refractivity contribution in [1.82, 2.24) is 5.32 Å². The molecular weight excluding hydrogens is 506 g/mol. The summed E-state index contributed by atoms with van der Waals surface area (Å²) < 4.78 is 17.0. The van der Waals surface area contributed by atoms with Crippen molar-refractivity contribution in [3.8, 4) is 0 Å². The van der Waals surface area contributed by atoms with Gasteiger partial charge in [-0.15, -0.1) is 0 Å². The molecule has 224 valence electrons. The molecule has 1 saturated heterocycles. The first-order valence-electron chi connectivity index (χ1n) is 14.0. The predicted molar refractivity (Wildman–Crippen MR) is 145 cm³/mol. The van der Waals surface area contributed by atoms with Crippen LogP contribution in [0.5, 0.6) is 0 Å². The number of imide groups is 1. The molecule has 5 atom stereocenters. The highest BCUT2D eigenvalue weighted by molar-refractivity contribution is 5.99. The number of ether oxygens (including phenoxy) is 3. The van der Waals surface area contributed by atoms with E-state index in [9.17, 15) is 24.0 Å². The van der Waals surface area contributed by atoms with Crippen molar-refractivity contribution >= 4 is 29.7 Å². The van der Waals surface area contributed by atoms with Crippen LogP contribution in [-0.4, -0.2) is 88.3 Å². The second-order valence-corrected chi connectivity index (χ2v) is 12.0. The van der Waals surface area contributed by atoms with Crippen molar-refractivity contribution in [1.29, 1.82) is 0 Å². The summed E-state index contributed by atoms with van der Waals surface area (Å²) in [4.78, 5) is 63.2. The fraction of sp³-hybridized carbons (Fsp3) is 0.821. The molecule has 11 heteroatoms. The lowest BCUT2D eigenvalue weighted by Crippen LogP contribution is -2.46. The number of amides is 3. The van der Waals surface area contributed by atoms with Gasteiger partial charge in [0.15, 0.2) is 0 Å². The highest BCUT2D eigenvalue weighted by Crippen LogP contribution is 2.36. The van der Waals surface area contributed by atoms with Gasteiger partial charge in [0.25, 0.3) is 0 Å². The molecule has 1 heterocycles. The van der Waals surface area contributed by atoms with Crippen LogP contribution < -0.4 is 11.1 Å². The first-order valence-corrected chi connectivity index (χ1v) is 14.0. The van der Waals surface area contributed by atoms with Crippen LogP contribution in [-0.2, 0) is 38.2 Å². The van der Waals surface area contributed by atoms with Crippen LogP contribution in [0.15, 0.2) is 0 Å². The molecule has 0 bridgehead atoms. The van der Waals surface area contributed by atoms with Gasteiger partial charge in [-0.1, -0.05) is 20.8 Å². The summed E-state index contributed by atoms with van der Waals surface area (Å²) in [5.41, 5.74) is 4.72. The number of primary amides is 1. The fourth-order valence-electron chi connectivity index (χ4n) is 4.54. The minimum atomic E-state index is -1.01. The summed E-state index contributed by atoms with van der Waals surface area (Å²) in [6.07, 6.45) is 1.77. The molecule has 0 saturated carbocycles. The summed E-state index contributed by atoms with van der Waals surface area (Å²) >= 11 is 0. The smallest absolute Gasteiger partial charge is 0.311 e. The van der Waals surface area contributed by atoms with Gasteiger partial charge in [0.1, 0.15) is 19.8 Å². The molecule has 1 rings (SSSR count). The molecule has 0 aromatic carbocycles. The van der Waals surface area contributed by atoms with Gasteiger partial charge in [-0.3, -0.25) is 29.3 Å². The highest BCUT2D eigenvalue weighted by atomic mass is 16.6. The lowest BCUT2D eigenvalue weighted by Gasteiger charge is -2.32. The Labute approximate surface area is 233 Å². The van der Waals surface area contributed by atoms with Crippen molar-refractivity contribution in [2.45, 2.75) is 66.2 Å². The molecule has 5 unspecified atom stereocenters. The lowest BCUT2D eigenvalue weighted by atomic mass is 9.74. The van der Waals surface area contributed by atoms with E-state index >= 15 is 0 Å². The zero-order chi connectivity index (χ0) is 29.8. The van der Waals surface area contributed by atoms with E-state index in [1.807, 2.05) is 35.0 Å². The standard InChI is InChI=1S/C28H49N3O8/c1-8-11-37-13-14-39-27(36)28(4,9-2)18-22(26(35)38-12-10-31(5,6)7)17-20(23(29)32)16-21-15-19(3)24(33)30-25(21)34/h19-22H,8-18H2,1-7H3,(H2-,29,30,32,33,34)/p+1. The number of hydrogen-bond donors (Lipinski definition) is 2. The summed E-state index contributed by atoms with van der Waals surface area (Å²) in [6, 6.07) is 0. The van der Waals surface area contributed by atoms with Crippen molar-refractivity contribution in [3.05, 3.63) is 0 Å². The first kappa shape index (κ1) is 34.5. The van der Waals surface area contributed by atoms with Crippen molar-refractivity contribution < 1.29 is 42.7 Å². The zero-order valence-electron chi connectivity index (χ0n) is 24.9. The van der Waals surface area contributed by atoms with Crippen LogP contribution in [0.2, 0.25) is 0 Å². The number of esters is 2. The Morgan fingerprint density at radius 2 is 1.69 bits per heavy atom. The lowest BCUT2D eigenvalue weighted by molar-refractivity contribution is -0.870. The molecule has 0 aliphatic carbocycles. The van der Waals surface area contributed by atoms with Crippen LogP contribution in [0.4, 0.5) is 0 Å². The summed E-state index contributed by atoms with van der Waals surface area (Å²) in [5, 5.41) is 2.34. The molecule has 3 N–H and O–H groups in total. The van der Waals surface area contributed by atoms with Gasteiger partial charge in [0.2, 0.25) is 17.7 Å². The Kier molecular flexibility index (Phi) is 14.1. The van der Waals surface area contributed by atoms with Gasteiger partial charge >= 0.3 is 11.9 Å². The van der Waals surface area contributed by atoms with Gasteiger partial charge in [-0.25, -0.2) is 0 Å². The molecule has 0 radical (unpaired) electrons. The Morgan fingerprint density at radius 3 is 2.26 bits per heavy atom. The van der Waals surface area contributed by atoms with E-state index in [2.05, 4.69) is 5.32 Å². The molecule has 0 spiro atoms. The van der Waals surface area contributed by atoms with E-state index in [0.29, 0.717) is 30.5 Å². The number of nitrogens with two attached hydrogens (primary N) is 1. The second-order valence-electron chi connectivity index (χ2n) is 12.0. The van der Waals surface area contributed by atoms with Gasteiger partial charge in [-0.05, 0) is 45.4 Å². The van der Waals surface area contributed by atoms with E-state index in [4.69, 9.17) is 19.9 Å². The van der Waals surface area contributed by atoms with E-state index in [1.165, 1.54) is 0 Å². The minimum absolute atomic E-state index is 0.0210. The topological polar surface area (TPSA) is 151 Å². The second kappa shape index (κ2) is 15.9. The summed E-state index contributed by atoms with van der Waals surface area (Å²) in [5.74, 6) is -5.03. The van der Waals surface area contributed by atoms with Gasteiger partial charge in [0.05, 0.1) is 39.1 Å². The zero-order valence-corrected chi connectivity index (χ0v) is 24.9. The average molecular weight is 557 g/mol. The minimum Gasteiger partial charge on any atom is -0.463 e. The van der Waals surface area contributed by atoms with E-state index < -0.39 is 46.9 Å².